The van der Waals surface area contributed by atoms with E-state index in [-0.39, 0.29) is 0 Å². The lowest BCUT2D eigenvalue weighted by atomic mass is 9.80. The van der Waals surface area contributed by atoms with E-state index in [0.29, 0.717) is 0 Å². The van der Waals surface area contributed by atoms with Crippen LogP contribution in [0.25, 0.3) is 0 Å². The average Bonchev–Trinajstić information content (AvgIpc) is 2.23. The predicted molar refractivity (Wildman–Crippen MR) is 55.9 cm³/mol. The topological polar surface area (TPSA) is 162 Å². The van der Waals surface area contributed by atoms with Crippen LogP contribution in [0.15, 0.2) is 0 Å². The monoisotopic (exact) mass is 278 g/mol. The lowest BCUT2D eigenvalue weighted by molar-refractivity contribution is -0.191. The van der Waals surface area contributed by atoms with Gasteiger partial charge >= 0.3 is 17.9 Å². The van der Waals surface area contributed by atoms with Gasteiger partial charge in [-0.15, -0.1) is 0 Å². The van der Waals surface area contributed by atoms with Crippen molar-refractivity contribution < 1.29 is 44.7 Å². The number of carboxylic acid groups (broad SMARTS) is 2. The number of carbonyl (C=O) groups excluding carboxylic acids is 1. The summed E-state index contributed by atoms with van der Waals surface area (Å²) < 4.78 is 4.60. The average molecular weight is 278 g/mol. The number of rotatable bonds is 4. The van der Waals surface area contributed by atoms with Crippen LogP contribution in [0, 0.1) is 5.92 Å². The summed E-state index contributed by atoms with van der Waals surface area (Å²) in [6, 6.07) is 0. The molecule has 0 amide bonds. The van der Waals surface area contributed by atoms with Crippen molar-refractivity contribution in [2.45, 2.75) is 37.3 Å². The van der Waals surface area contributed by atoms with E-state index >= 15 is 0 Å². The highest BCUT2D eigenvalue weighted by atomic mass is 16.6. The summed E-state index contributed by atoms with van der Waals surface area (Å²) in [4.78, 5) is 32.1. The molecule has 0 bridgehead atoms. The maximum atomic E-state index is 11.1. The fraction of sp³-hybridized carbons (Fsp3) is 0.700. The molecular formula is C10H14O9. The van der Waals surface area contributed by atoms with E-state index < -0.39 is 61.1 Å². The highest BCUT2D eigenvalue weighted by molar-refractivity contribution is 5.90. The van der Waals surface area contributed by atoms with Gasteiger partial charge in [0.05, 0.1) is 12.2 Å². The molecule has 1 unspecified atom stereocenters. The van der Waals surface area contributed by atoms with Gasteiger partial charge in [-0.1, -0.05) is 0 Å². The molecular weight excluding hydrogens is 264 g/mol. The molecule has 5 atom stereocenters. The second kappa shape index (κ2) is 5.95. The third-order valence-electron chi connectivity index (χ3n) is 2.85. The number of esters is 1. The zero-order chi connectivity index (χ0) is 14.7. The molecule has 0 saturated heterocycles. The number of carbonyl (C=O) groups is 3. The van der Waals surface area contributed by atoms with Crippen LogP contribution in [0.4, 0.5) is 0 Å². The van der Waals surface area contributed by atoms with Gasteiger partial charge in [0.25, 0.3) is 0 Å². The highest BCUT2D eigenvalue weighted by Gasteiger charge is 2.48. The number of aliphatic carboxylic acids is 2. The Bertz CT molecular complexity index is 379. The molecule has 0 aromatic carbocycles. The Kier molecular flexibility index (Phi) is 4.81. The Labute approximate surface area is 107 Å². The zero-order valence-corrected chi connectivity index (χ0v) is 9.67. The fourth-order valence-corrected chi connectivity index (χ4v) is 1.95. The number of hydrogen-bond acceptors (Lipinski definition) is 7. The summed E-state index contributed by atoms with van der Waals surface area (Å²) in [5.41, 5.74) is 0. The van der Waals surface area contributed by atoms with E-state index in [0.717, 1.165) is 0 Å². The second-order valence-electron chi connectivity index (χ2n) is 4.25. The van der Waals surface area contributed by atoms with Gasteiger partial charge in [-0.2, -0.15) is 0 Å². The molecule has 1 saturated carbocycles. The minimum absolute atomic E-state index is 0.402. The molecule has 108 valence electrons. The van der Waals surface area contributed by atoms with E-state index in [1.54, 1.807) is 0 Å². The molecule has 19 heavy (non-hydrogen) atoms. The predicted octanol–water partition coefficient (Wildman–Crippen LogP) is -2.44. The Hall–Kier alpha value is -1.71. The first-order valence-corrected chi connectivity index (χ1v) is 5.42. The summed E-state index contributed by atoms with van der Waals surface area (Å²) in [6.45, 7) is 0. The second-order valence-corrected chi connectivity index (χ2v) is 4.25. The van der Waals surface area contributed by atoms with Crippen molar-refractivity contribution in [1.29, 1.82) is 0 Å². The molecule has 1 rings (SSSR count). The van der Waals surface area contributed by atoms with Crippen LogP contribution >= 0.6 is 0 Å². The first-order valence-electron chi connectivity index (χ1n) is 5.42. The van der Waals surface area contributed by atoms with Crippen molar-refractivity contribution in [2.24, 2.45) is 5.92 Å². The first-order chi connectivity index (χ1) is 8.73. The molecule has 0 radical (unpaired) electrons. The molecule has 0 aromatic rings. The fourth-order valence-electron chi connectivity index (χ4n) is 1.95. The maximum Gasteiger partial charge on any atom is 0.317 e. The van der Waals surface area contributed by atoms with Crippen molar-refractivity contribution in [1.82, 2.24) is 0 Å². The van der Waals surface area contributed by atoms with Crippen LogP contribution in [0.2, 0.25) is 0 Å². The van der Waals surface area contributed by atoms with Crippen LogP contribution in [0.1, 0.15) is 12.8 Å². The number of carboxylic acids is 2. The smallest absolute Gasteiger partial charge is 0.317 e. The zero-order valence-electron chi connectivity index (χ0n) is 9.67. The molecule has 1 aliphatic carbocycles. The van der Waals surface area contributed by atoms with Crippen molar-refractivity contribution in [3.63, 3.8) is 0 Å². The van der Waals surface area contributed by atoms with E-state index in [2.05, 4.69) is 4.74 Å². The van der Waals surface area contributed by atoms with Crippen LogP contribution in [0.5, 0.6) is 0 Å². The molecule has 1 aliphatic rings. The van der Waals surface area contributed by atoms with Crippen LogP contribution in [-0.4, -0.2) is 67.9 Å². The van der Waals surface area contributed by atoms with Gasteiger partial charge in [0, 0.05) is 6.42 Å². The Balaban J connectivity index is 2.70. The third-order valence-corrected chi connectivity index (χ3v) is 2.85. The van der Waals surface area contributed by atoms with Crippen molar-refractivity contribution >= 4 is 17.9 Å². The Morgan fingerprint density at radius 1 is 1.05 bits per heavy atom. The van der Waals surface area contributed by atoms with Gasteiger partial charge in [-0.05, 0) is 0 Å². The van der Waals surface area contributed by atoms with Crippen LogP contribution in [-0.2, 0) is 19.1 Å². The van der Waals surface area contributed by atoms with Gasteiger partial charge in [0.15, 0.2) is 0 Å². The summed E-state index contributed by atoms with van der Waals surface area (Å²) in [7, 11) is 0. The summed E-state index contributed by atoms with van der Waals surface area (Å²) in [6.07, 6.45) is -7.73. The normalized spacial score (nSPS) is 34.6. The molecule has 9 nitrogen and oxygen atoms in total. The van der Waals surface area contributed by atoms with Gasteiger partial charge in [0.1, 0.15) is 24.5 Å². The maximum absolute atomic E-state index is 11.1. The van der Waals surface area contributed by atoms with Gasteiger partial charge in [-0.25, -0.2) is 0 Å². The molecule has 5 N–H and O–H groups in total. The molecule has 9 heteroatoms. The van der Waals surface area contributed by atoms with Gasteiger partial charge in [0.2, 0.25) is 0 Å². The summed E-state index contributed by atoms with van der Waals surface area (Å²) in [5, 5.41) is 45.8. The lowest BCUT2D eigenvalue weighted by Gasteiger charge is -2.38. The molecule has 0 aliphatic heterocycles. The van der Waals surface area contributed by atoms with E-state index in [9.17, 15) is 29.7 Å². The van der Waals surface area contributed by atoms with E-state index in [1.807, 2.05) is 0 Å². The third kappa shape index (κ3) is 3.63. The minimum atomic E-state index is -1.82. The number of aliphatic hydroxyl groups is 3. The van der Waals surface area contributed by atoms with Crippen molar-refractivity contribution in [2.75, 3.05) is 0 Å². The van der Waals surface area contributed by atoms with Gasteiger partial charge < -0.3 is 30.3 Å². The van der Waals surface area contributed by atoms with Crippen LogP contribution in [0.3, 0.4) is 0 Å². The Morgan fingerprint density at radius 2 is 1.63 bits per heavy atom. The van der Waals surface area contributed by atoms with E-state index in [4.69, 9.17) is 10.2 Å². The number of ether oxygens (including phenoxy) is 1. The van der Waals surface area contributed by atoms with Crippen molar-refractivity contribution in [3.8, 4) is 0 Å². The summed E-state index contributed by atoms with van der Waals surface area (Å²) >= 11 is 0. The highest BCUT2D eigenvalue weighted by Crippen LogP contribution is 2.28. The SMILES string of the molecule is O=C(O)CC(=O)O[C@@H]1C[C@@H](O)C(C(=O)O)[C@@H](O)[C@H]1O. The minimum Gasteiger partial charge on any atom is -0.481 e. The van der Waals surface area contributed by atoms with Gasteiger partial charge in [-0.3, -0.25) is 14.4 Å². The molecule has 1 fully saturated rings. The number of aliphatic hydroxyl groups excluding tert-OH is 3. The Morgan fingerprint density at radius 3 is 2.11 bits per heavy atom. The quantitative estimate of drug-likeness (QED) is 0.278. The first kappa shape index (κ1) is 15.3. The molecule has 0 heterocycles. The number of hydrogen-bond donors (Lipinski definition) is 5. The lowest BCUT2D eigenvalue weighted by Crippen LogP contribution is -2.56. The van der Waals surface area contributed by atoms with Crippen LogP contribution < -0.4 is 0 Å². The summed E-state index contributed by atoms with van der Waals surface area (Å²) in [5.74, 6) is -5.66. The largest absolute Gasteiger partial charge is 0.481 e. The molecule has 0 aromatic heterocycles. The standard InChI is InChI=1S/C10H14O9/c11-3-1-4(19-6(14)2-5(12)13)8(15)9(16)7(3)10(17)18/h3-4,7-9,11,15-16H,1-2H2,(H,12,13)(H,17,18)/t3-,4-,7?,8+,9-/m1/s1. The van der Waals surface area contributed by atoms with Crippen molar-refractivity contribution in [3.05, 3.63) is 0 Å². The van der Waals surface area contributed by atoms with E-state index in [1.165, 1.54) is 0 Å². The molecule has 0 spiro atoms.